The standard InChI is InChI=1S/C14H23N3O/c1-3-5-6-7-9-17-14(18)12-8-10-15-11-13(12)16-4-2/h8,10-11,16H,3-7,9H2,1-2H3,(H,17,18). The molecule has 0 spiro atoms. The molecule has 1 heterocycles. The summed E-state index contributed by atoms with van der Waals surface area (Å²) in [5, 5.41) is 6.09. The van der Waals surface area contributed by atoms with E-state index in [0.717, 1.165) is 25.2 Å². The molecule has 0 atom stereocenters. The number of nitrogens with zero attached hydrogens (tertiary/aromatic N) is 1. The highest BCUT2D eigenvalue weighted by Gasteiger charge is 2.09. The van der Waals surface area contributed by atoms with Crippen molar-refractivity contribution in [3.8, 4) is 0 Å². The van der Waals surface area contributed by atoms with E-state index in [9.17, 15) is 4.79 Å². The fourth-order valence-electron chi connectivity index (χ4n) is 1.77. The van der Waals surface area contributed by atoms with Crippen molar-refractivity contribution in [2.24, 2.45) is 0 Å². The lowest BCUT2D eigenvalue weighted by Crippen LogP contribution is -2.25. The van der Waals surface area contributed by atoms with Gasteiger partial charge < -0.3 is 10.6 Å². The number of rotatable bonds is 8. The van der Waals surface area contributed by atoms with Gasteiger partial charge in [0.05, 0.1) is 17.4 Å². The summed E-state index contributed by atoms with van der Waals surface area (Å²) in [6.07, 6.45) is 7.99. The van der Waals surface area contributed by atoms with Crippen molar-refractivity contribution in [2.75, 3.05) is 18.4 Å². The molecule has 0 radical (unpaired) electrons. The summed E-state index contributed by atoms with van der Waals surface area (Å²) in [5.41, 5.74) is 1.47. The van der Waals surface area contributed by atoms with Gasteiger partial charge in [0.1, 0.15) is 0 Å². The van der Waals surface area contributed by atoms with E-state index in [0.29, 0.717) is 5.56 Å². The number of pyridine rings is 1. The molecule has 0 saturated heterocycles. The Balaban J connectivity index is 2.45. The van der Waals surface area contributed by atoms with Crippen molar-refractivity contribution in [3.05, 3.63) is 24.0 Å². The van der Waals surface area contributed by atoms with Crippen LogP contribution in [0.4, 0.5) is 5.69 Å². The van der Waals surface area contributed by atoms with Crippen LogP contribution in [0.25, 0.3) is 0 Å². The quantitative estimate of drug-likeness (QED) is 0.697. The van der Waals surface area contributed by atoms with Crippen LogP contribution in [0.3, 0.4) is 0 Å². The van der Waals surface area contributed by atoms with Gasteiger partial charge in [-0.3, -0.25) is 9.78 Å². The fraction of sp³-hybridized carbons (Fsp3) is 0.571. The Hall–Kier alpha value is -1.58. The van der Waals surface area contributed by atoms with E-state index < -0.39 is 0 Å². The number of carbonyl (C=O) groups is 1. The lowest BCUT2D eigenvalue weighted by Gasteiger charge is -2.10. The summed E-state index contributed by atoms with van der Waals surface area (Å²) in [4.78, 5) is 16.0. The molecule has 18 heavy (non-hydrogen) atoms. The molecule has 0 aliphatic rings. The smallest absolute Gasteiger partial charge is 0.253 e. The zero-order chi connectivity index (χ0) is 13.2. The molecule has 2 N–H and O–H groups in total. The molecular weight excluding hydrogens is 226 g/mol. The van der Waals surface area contributed by atoms with Crippen LogP contribution in [0.5, 0.6) is 0 Å². The Morgan fingerprint density at radius 1 is 1.28 bits per heavy atom. The average molecular weight is 249 g/mol. The van der Waals surface area contributed by atoms with E-state index in [-0.39, 0.29) is 5.91 Å². The van der Waals surface area contributed by atoms with Gasteiger partial charge in [0.25, 0.3) is 5.91 Å². The molecular formula is C14H23N3O. The van der Waals surface area contributed by atoms with Gasteiger partial charge in [-0.25, -0.2) is 0 Å². The van der Waals surface area contributed by atoms with Crippen LogP contribution in [-0.4, -0.2) is 24.0 Å². The Bertz CT molecular complexity index is 366. The van der Waals surface area contributed by atoms with Gasteiger partial charge in [0.2, 0.25) is 0 Å². The fourth-order valence-corrected chi connectivity index (χ4v) is 1.77. The molecule has 4 heteroatoms. The predicted molar refractivity (Wildman–Crippen MR) is 74.9 cm³/mol. The van der Waals surface area contributed by atoms with E-state index in [1.54, 1.807) is 18.5 Å². The number of carbonyl (C=O) groups excluding carboxylic acids is 1. The molecule has 1 rings (SSSR count). The molecule has 0 unspecified atom stereocenters. The second-order valence-electron chi connectivity index (χ2n) is 4.27. The SMILES string of the molecule is CCCCCCNC(=O)c1ccncc1NCC. The van der Waals surface area contributed by atoms with E-state index in [4.69, 9.17) is 0 Å². The molecule has 1 amide bonds. The summed E-state index contributed by atoms with van der Waals surface area (Å²) in [6, 6.07) is 1.75. The summed E-state index contributed by atoms with van der Waals surface area (Å²) < 4.78 is 0. The van der Waals surface area contributed by atoms with Crippen molar-refractivity contribution in [2.45, 2.75) is 39.5 Å². The first-order valence-corrected chi connectivity index (χ1v) is 6.75. The van der Waals surface area contributed by atoms with Gasteiger partial charge in [-0.05, 0) is 19.4 Å². The zero-order valence-electron chi connectivity index (χ0n) is 11.3. The van der Waals surface area contributed by atoms with Crippen molar-refractivity contribution >= 4 is 11.6 Å². The highest BCUT2D eigenvalue weighted by atomic mass is 16.1. The number of anilines is 1. The van der Waals surface area contributed by atoms with Crippen molar-refractivity contribution < 1.29 is 4.79 Å². The van der Waals surface area contributed by atoms with Crippen LogP contribution in [0, 0.1) is 0 Å². The van der Waals surface area contributed by atoms with E-state index in [2.05, 4.69) is 22.5 Å². The van der Waals surface area contributed by atoms with Crippen LogP contribution in [-0.2, 0) is 0 Å². The number of unbranched alkanes of at least 4 members (excludes halogenated alkanes) is 3. The largest absolute Gasteiger partial charge is 0.383 e. The Morgan fingerprint density at radius 3 is 2.83 bits per heavy atom. The third-order valence-corrected chi connectivity index (χ3v) is 2.75. The highest BCUT2D eigenvalue weighted by molar-refractivity contribution is 5.99. The molecule has 0 bridgehead atoms. The van der Waals surface area contributed by atoms with Crippen LogP contribution >= 0.6 is 0 Å². The maximum Gasteiger partial charge on any atom is 0.253 e. The predicted octanol–water partition coefficient (Wildman–Crippen LogP) is 2.82. The van der Waals surface area contributed by atoms with Crippen LogP contribution in [0.15, 0.2) is 18.5 Å². The van der Waals surface area contributed by atoms with Gasteiger partial charge in [0, 0.05) is 19.3 Å². The maximum absolute atomic E-state index is 12.0. The summed E-state index contributed by atoms with van der Waals surface area (Å²) >= 11 is 0. The number of aromatic nitrogens is 1. The normalized spacial score (nSPS) is 10.1. The second-order valence-corrected chi connectivity index (χ2v) is 4.27. The number of hydrogen-bond acceptors (Lipinski definition) is 3. The molecule has 100 valence electrons. The van der Waals surface area contributed by atoms with E-state index in [1.165, 1.54) is 19.3 Å². The lowest BCUT2D eigenvalue weighted by molar-refractivity contribution is 0.0953. The molecule has 1 aromatic rings. The Labute approximate surface area is 109 Å². The number of nitrogens with one attached hydrogen (secondary N) is 2. The molecule has 0 saturated carbocycles. The van der Waals surface area contributed by atoms with Gasteiger partial charge in [0.15, 0.2) is 0 Å². The maximum atomic E-state index is 12.0. The van der Waals surface area contributed by atoms with Crippen LogP contribution < -0.4 is 10.6 Å². The molecule has 0 aliphatic heterocycles. The second kappa shape index (κ2) is 8.50. The van der Waals surface area contributed by atoms with Gasteiger partial charge in [-0.2, -0.15) is 0 Å². The minimum atomic E-state index is -0.0233. The third kappa shape index (κ3) is 4.73. The van der Waals surface area contributed by atoms with Crippen molar-refractivity contribution in [1.82, 2.24) is 10.3 Å². The molecule has 0 aliphatic carbocycles. The van der Waals surface area contributed by atoms with Crippen molar-refractivity contribution in [3.63, 3.8) is 0 Å². The molecule has 4 nitrogen and oxygen atoms in total. The van der Waals surface area contributed by atoms with Gasteiger partial charge in [-0.15, -0.1) is 0 Å². The average Bonchev–Trinajstić information content (AvgIpc) is 2.39. The lowest BCUT2D eigenvalue weighted by atomic mass is 10.2. The van der Waals surface area contributed by atoms with E-state index in [1.807, 2.05) is 6.92 Å². The summed E-state index contributed by atoms with van der Waals surface area (Å²) in [6.45, 7) is 5.70. The van der Waals surface area contributed by atoms with Crippen molar-refractivity contribution in [1.29, 1.82) is 0 Å². The highest BCUT2D eigenvalue weighted by Crippen LogP contribution is 2.12. The summed E-state index contributed by atoms with van der Waals surface area (Å²) in [7, 11) is 0. The van der Waals surface area contributed by atoms with Gasteiger partial charge in [-0.1, -0.05) is 26.2 Å². The minimum Gasteiger partial charge on any atom is -0.383 e. The molecule has 1 aromatic heterocycles. The van der Waals surface area contributed by atoms with Gasteiger partial charge >= 0.3 is 0 Å². The molecule has 0 fully saturated rings. The first-order valence-electron chi connectivity index (χ1n) is 6.75. The first-order chi connectivity index (χ1) is 8.79. The molecule has 0 aromatic carbocycles. The first kappa shape index (κ1) is 14.5. The topological polar surface area (TPSA) is 54.0 Å². The zero-order valence-corrected chi connectivity index (χ0v) is 11.3. The minimum absolute atomic E-state index is 0.0233. The Kier molecular flexibility index (Phi) is 6.84. The summed E-state index contributed by atoms with van der Waals surface area (Å²) in [5.74, 6) is -0.0233. The third-order valence-electron chi connectivity index (χ3n) is 2.75. The number of amides is 1. The number of hydrogen-bond donors (Lipinski definition) is 2. The van der Waals surface area contributed by atoms with E-state index >= 15 is 0 Å². The van der Waals surface area contributed by atoms with Crippen LogP contribution in [0.1, 0.15) is 49.9 Å². The Morgan fingerprint density at radius 2 is 2.11 bits per heavy atom. The van der Waals surface area contributed by atoms with Crippen LogP contribution in [0.2, 0.25) is 0 Å². The monoisotopic (exact) mass is 249 g/mol.